The van der Waals surface area contributed by atoms with Gasteiger partial charge in [-0.3, -0.25) is 0 Å². The Morgan fingerprint density at radius 1 is 1.86 bits per heavy atom. The summed E-state index contributed by atoms with van der Waals surface area (Å²) in [7, 11) is 0. The lowest BCUT2D eigenvalue weighted by Crippen LogP contribution is -1.67. The molecule has 0 saturated carbocycles. The van der Waals surface area contributed by atoms with Gasteiger partial charge in [0.2, 0.25) is 0 Å². The van der Waals surface area contributed by atoms with E-state index in [2.05, 4.69) is 11.9 Å². The minimum Gasteiger partial charge on any atom is -0.247 e. The molecular formula is C5H6NS. The summed E-state index contributed by atoms with van der Waals surface area (Å²) in [6, 6.07) is 0. The smallest absolute Gasteiger partial charge is 0.0897 e. The molecule has 1 nitrogen and oxygen atoms in total. The molecule has 0 aliphatic heterocycles. The predicted octanol–water partition coefficient (Wildman–Crippen LogP) is 1.63. The molecule has 1 heterocycles. The first-order valence-corrected chi connectivity index (χ1v) is 2.91. The van der Waals surface area contributed by atoms with Crippen LogP contribution in [-0.2, 0) is 0 Å². The molecule has 1 radical (unpaired) electrons. The maximum atomic E-state index is 4.02. The monoisotopic (exact) mass is 112 g/mol. The number of aryl methyl sites for hydroxylation is 1. The van der Waals surface area contributed by atoms with Gasteiger partial charge in [-0.2, -0.15) is 0 Å². The first-order valence-electron chi connectivity index (χ1n) is 2.03. The van der Waals surface area contributed by atoms with Crippen molar-refractivity contribution < 1.29 is 0 Å². The maximum Gasteiger partial charge on any atom is 0.0897 e. The van der Waals surface area contributed by atoms with Crippen molar-refractivity contribution in [3.8, 4) is 0 Å². The van der Waals surface area contributed by atoms with Crippen LogP contribution < -0.4 is 0 Å². The Bertz CT molecular complexity index is 140. The highest BCUT2D eigenvalue weighted by atomic mass is 32.1. The highest BCUT2D eigenvalue weighted by Gasteiger charge is 1.86. The summed E-state index contributed by atoms with van der Waals surface area (Å²) in [6.07, 6.45) is 0. The first-order chi connectivity index (χ1) is 3.29. The van der Waals surface area contributed by atoms with Crippen LogP contribution in [0.3, 0.4) is 0 Å². The summed E-state index contributed by atoms with van der Waals surface area (Å²) in [5.74, 6) is 0. The lowest BCUT2D eigenvalue weighted by Gasteiger charge is -1.70. The zero-order valence-corrected chi connectivity index (χ0v) is 4.96. The van der Waals surface area contributed by atoms with Crippen molar-refractivity contribution in [1.29, 1.82) is 0 Å². The lowest BCUT2D eigenvalue weighted by atomic mass is 10.6. The molecular weight excluding hydrogens is 106 g/mol. The summed E-state index contributed by atoms with van der Waals surface area (Å²) in [5, 5.41) is 3.03. The largest absolute Gasteiger partial charge is 0.247 e. The fraction of sp³-hybridized carbons (Fsp3) is 0.200. The zero-order chi connectivity index (χ0) is 5.28. The van der Waals surface area contributed by atoms with Gasteiger partial charge in [0, 0.05) is 5.38 Å². The van der Waals surface area contributed by atoms with E-state index >= 15 is 0 Å². The van der Waals surface area contributed by atoms with E-state index in [0.29, 0.717) is 0 Å². The average molecular weight is 112 g/mol. The summed E-state index contributed by atoms with van der Waals surface area (Å²) >= 11 is 1.63. The lowest BCUT2D eigenvalue weighted by molar-refractivity contribution is 1.25. The molecule has 2 heteroatoms. The van der Waals surface area contributed by atoms with Gasteiger partial charge < -0.3 is 0 Å². The molecule has 0 saturated heterocycles. The molecule has 7 heavy (non-hydrogen) atoms. The molecule has 37 valence electrons. The number of thiazole rings is 1. The molecule has 0 unspecified atom stereocenters. The Morgan fingerprint density at radius 2 is 2.57 bits per heavy atom. The van der Waals surface area contributed by atoms with Crippen molar-refractivity contribution in [2.24, 2.45) is 0 Å². The highest BCUT2D eigenvalue weighted by molar-refractivity contribution is 7.09. The zero-order valence-electron chi connectivity index (χ0n) is 4.14. The van der Waals surface area contributed by atoms with Crippen molar-refractivity contribution in [2.45, 2.75) is 6.92 Å². The minimum atomic E-state index is 0.877. The van der Waals surface area contributed by atoms with Crippen LogP contribution in [0.5, 0.6) is 0 Å². The van der Waals surface area contributed by atoms with E-state index in [-0.39, 0.29) is 0 Å². The first kappa shape index (κ1) is 4.78. The van der Waals surface area contributed by atoms with Gasteiger partial charge in [0.25, 0.3) is 0 Å². The third kappa shape index (κ3) is 0.996. The molecule has 0 atom stereocenters. The van der Waals surface area contributed by atoms with Crippen LogP contribution in [0.1, 0.15) is 10.7 Å². The summed E-state index contributed by atoms with van der Waals surface area (Å²) < 4.78 is 0. The van der Waals surface area contributed by atoms with Crippen molar-refractivity contribution in [3.63, 3.8) is 0 Å². The van der Waals surface area contributed by atoms with E-state index in [1.165, 1.54) is 0 Å². The fourth-order valence-corrected chi connectivity index (χ4v) is 0.937. The highest BCUT2D eigenvalue weighted by Crippen LogP contribution is 2.04. The van der Waals surface area contributed by atoms with Crippen LogP contribution >= 0.6 is 11.3 Å². The molecule has 1 rings (SSSR count). The van der Waals surface area contributed by atoms with E-state index in [0.717, 1.165) is 10.7 Å². The minimum absolute atomic E-state index is 0.877. The summed E-state index contributed by atoms with van der Waals surface area (Å²) in [4.78, 5) is 4.02. The van der Waals surface area contributed by atoms with Crippen molar-refractivity contribution in [2.75, 3.05) is 0 Å². The number of hydrogen-bond acceptors (Lipinski definition) is 2. The molecule has 0 amide bonds. The van der Waals surface area contributed by atoms with E-state index < -0.39 is 0 Å². The van der Waals surface area contributed by atoms with Gasteiger partial charge in [0.15, 0.2) is 0 Å². The Hall–Kier alpha value is -0.370. The second-order valence-corrected chi connectivity index (χ2v) is 2.42. The molecule has 0 aliphatic rings. The van der Waals surface area contributed by atoms with Crippen molar-refractivity contribution in [1.82, 2.24) is 4.98 Å². The Morgan fingerprint density at radius 3 is 2.71 bits per heavy atom. The van der Waals surface area contributed by atoms with E-state index in [9.17, 15) is 0 Å². The third-order valence-corrected chi connectivity index (χ3v) is 1.49. The van der Waals surface area contributed by atoms with Gasteiger partial charge in [0.1, 0.15) is 0 Å². The molecule has 0 fully saturated rings. The molecule has 1 aromatic rings. The van der Waals surface area contributed by atoms with Crippen molar-refractivity contribution in [3.05, 3.63) is 23.0 Å². The van der Waals surface area contributed by atoms with Crippen LogP contribution in [-0.4, -0.2) is 4.98 Å². The molecule has 0 spiro atoms. The second kappa shape index (κ2) is 1.62. The van der Waals surface area contributed by atoms with E-state index in [1.54, 1.807) is 11.3 Å². The molecule has 1 aromatic heterocycles. The number of nitrogens with zero attached hydrogens (tertiary/aromatic N) is 1. The van der Waals surface area contributed by atoms with Crippen LogP contribution in [0.2, 0.25) is 0 Å². The number of rotatable bonds is 0. The van der Waals surface area contributed by atoms with E-state index in [1.807, 2.05) is 12.3 Å². The van der Waals surface area contributed by atoms with E-state index in [4.69, 9.17) is 0 Å². The molecule has 0 aliphatic carbocycles. The van der Waals surface area contributed by atoms with Gasteiger partial charge in [-0.25, -0.2) is 4.98 Å². The Labute approximate surface area is 47.0 Å². The SMILES string of the molecule is [CH2]c1csc(C)n1. The Kier molecular flexibility index (Phi) is 1.11. The predicted molar refractivity (Wildman–Crippen MR) is 31.3 cm³/mol. The quantitative estimate of drug-likeness (QED) is 0.497. The van der Waals surface area contributed by atoms with Gasteiger partial charge in [-0.1, -0.05) is 0 Å². The van der Waals surface area contributed by atoms with Crippen LogP contribution in [0.15, 0.2) is 5.38 Å². The van der Waals surface area contributed by atoms with Crippen LogP contribution in [0.4, 0.5) is 0 Å². The standard InChI is InChI=1S/C5H6NS/c1-4-3-7-5(2)6-4/h3H,1H2,2H3. The van der Waals surface area contributed by atoms with Gasteiger partial charge >= 0.3 is 0 Å². The number of hydrogen-bond donors (Lipinski definition) is 0. The molecule has 0 bridgehead atoms. The second-order valence-electron chi connectivity index (χ2n) is 1.36. The molecule has 0 N–H and O–H groups in total. The summed E-state index contributed by atoms with van der Waals surface area (Å²) in [5.41, 5.74) is 0.877. The van der Waals surface area contributed by atoms with Crippen LogP contribution in [0.25, 0.3) is 0 Å². The average Bonchev–Trinajstić information content (AvgIpc) is 1.87. The third-order valence-electron chi connectivity index (χ3n) is 0.667. The van der Waals surface area contributed by atoms with Gasteiger partial charge in [-0.05, 0) is 13.8 Å². The maximum absolute atomic E-state index is 4.02. The van der Waals surface area contributed by atoms with Crippen molar-refractivity contribution >= 4 is 11.3 Å². The molecule has 0 aromatic carbocycles. The van der Waals surface area contributed by atoms with Crippen LogP contribution in [0, 0.1) is 13.8 Å². The number of aromatic nitrogens is 1. The van der Waals surface area contributed by atoms with Gasteiger partial charge in [-0.15, -0.1) is 11.3 Å². The normalized spacial score (nSPS) is 9.43. The topological polar surface area (TPSA) is 12.9 Å². The summed E-state index contributed by atoms with van der Waals surface area (Å²) in [6.45, 7) is 5.61. The van der Waals surface area contributed by atoms with Gasteiger partial charge in [0.05, 0.1) is 10.7 Å². The Balaban J connectivity index is 3.04. The fourth-order valence-electron chi connectivity index (χ4n) is 0.408.